The third-order valence-corrected chi connectivity index (χ3v) is 10.3. The molecule has 8 aromatic rings. The van der Waals surface area contributed by atoms with Gasteiger partial charge in [0.15, 0.2) is 0 Å². The lowest BCUT2D eigenvalue weighted by atomic mass is 9.67. The first-order chi connectivity index (χ1) is 28.3. The second kappa shape index (κ2) is 15.8. The van der Waals surface area contributed by atoms with Gasteiger partial charge in [0.2, 0.25) is 0 Å². The van der Waals surface area contributed by atoms with Crippen LogP contribution in [0.25, 0.3) is 11.1 Å². The molecule has 0 aliphatic heterocycles. The Morgan fingerprint density at radius 2 is 0.544 bits per heavy atom. The molecule has 0 heteroatoms. The highest BCUT2D eigenvalue weighted by Crippen LogP contribution is 2.56. The predicted molar refractivity (Wildman–Crippen MR) is 233 cm³/mol. The van der Waals surface area contributed by atoms with Crippen molar-refractivity contribution in [2.45, 2.75) is 5.41 Å². The van der Waals surface area contributed by atoms with Crippen LogP contribution in [0.2, 0.25) is 0 Å². The summed E-state index contributed by atoms with van der Waals surface area (Å²) in [4.78, 5) is 0. The fraction of sp³-hybridized carbons (Fsp3) is 0.0175. The number of hydrogen-bond donors (Lipinski definition) is 0. The smallest absolute Gasteiger partial charge is 0.0622 e. The Hall–Kier alpha value is -8.00. The number of rotatable bonds is 2. The Bertz CT molecular complexity index is 2790. The first-order valence-corrected chi connectivity index (χ1v) is 19.0. The summed E-state index contributed by atoms with van der Waals surface area (Å²) in [5, 5.41) is 0. The summed E-state index contributed by atoms with van der Waals surface area (Å²) < 4.78 is 0. The number of fused-ring (bicyclic) bond motifs is 3. The standard InChI is InChI=1S/C57H34/c1-5-17-43(18-6-1)29-33-47-37-39-51(41-49(47)35-31-45-21-9-3-10-22-45)57(55-27-15-13-25-53(55)54-26-14-16-28-56(54)57)52-40-38-48(34-30-44-19-7-2-8-20-44)50(42-52)36-32-46-23-11-4-12-24-46/h1-28,37-42H. The number of benzene rings is 8. The van der Waals surface area contributed by atoms with Gasteiger partial charge in [-0.3, -0.25) is 0 Å². The highest BCUT2D eigenvalue weighted by molar-refractivity contribution is 5.86. The van der Waals surface area contributed by atoms with E-state index in [0.717, 1.165) is 55.6 Å². The van der Waals surface area contributed by atoms with Crippen LogP contribution in [0.15, 0.2) is 206 Å². The topological polar surface area (TPSA) is 0 Å². The van der Waals surface area contributed by atoms with E-state index < -0.39 is 5.41 Å². The van der Waals surface area contributed by atoms with Crippen LogP contribution in [0.1, 0.15) is 66.8 Å². The second-order valence-corrected chi connectivity index (χ2v) is 13.8. The molecule has 0 spiro atoms. The van der Waals surface area contributed by atoms with Crippen LogP contribution in [0.3, 0.4) is 0 Å². The van der Waals surface area contributed by atoms with E-state index in [1.807, 2.05) is 121 Å². The van der Waals surface area contributed by atoms with Crippen molar-refractivity contribution in [2.24, 2.45) is 0 Å². The maximum atomic E-state index is 3.54. The molecule has 0 aromatic heterocycles. The first kappa shape index (κ1) is 34.7. The molecule has 1 aliphatic rings. The normalized spacial score (nSPS) is 11.4. The third-order valence-electron chi connectivity index (χ3n) is 10.3. The molecule has 0 saturated heterocycles. The first-order valence-electron chi connectivity index (χ1n) is 19.0. The van der Waals surface area contributed by atoms with Crippen molar-refractivity contribution in [3.8, 4) is 58.5 Å². The van der Waals surface area contributed by atoms with E-state index in [-0.39, 0.29) is 0 Å². The van der Waals surface area contributed by atoms with Gasteiger partial charge in [0, 0.05) is 44.5 Å². The summed E-state index contributed by atoms with van der Waals surface area (Å²) in [7, 11) is 0. The van der Waals surface area contributed by atoms with Gasteiger partial charge in [0.25, 0.3) is 0 Å². The fourth-order valence-electron chi connectivity index (χ4n) is 7.65. The van der Waals surface area contributed by atoms with Crippen molar-refractivity contribution < 1.29 is 0 Å². The maximum Gasteiger partial charge on any atom is 0.0714 e. The van der Waals surface area contributed by atoms with Gasteiger partial charge in [-0.05, 0) is 106 Å². The lowest BCUT2D eigenvalue weighted by molar-refractivity contribution is 0.767. The molecular formula is C57H34. The van der Waals surface area contributed by atoms with E-state index in [2.05, 4.69) is 132 Å². The van der Waals surface area contributed by atoms with Crippen LogP contribution in [0.4, 0.5) is 0 Å². The summed E-state index contributed by atoms with van der Waals surface area (Å²) in [5.74, 6) is 27.6. The van der Waals surface area contributed by atoms with Crippen molar-refractivity contribution in [2.75, 3.05) is 0 Å². The summed E-state index contributed by atoms with van der Waals surface area (Å²) in [6.45, 7) is 0. The van der Waals surface area contributed by atoms with Crippen molar-refractivity contribution in [3.05, 3.63) is 273 Å². The van der Waals surface area contributed by atoms with Gasteiger partial charge in [-0.1, -0.05) is 181 Å². The summed E-state index contributed by atoms with van der Waals surface area (Å²) in [6, 6.07) is 71.3. The van der Waals surface area contributed by atoms with Crippen LogP contribution < -0.4 is 0 Å². The van der Waals surface area contributed by atoms with E-state index in [1.165, 1.54) is 22.3 Å². The maximum absolute atomic E-state index is 3.54. The molecule has 8 aromatic carbocycles. The Kier molecular flexibility index (Phi) is 9.61. The van der Waals surface area contributed by atoms with E-state index >= 15 is 0 Å². The third kappa shape index (κ3) is 7.05. The molecule has 0 unspecified atom stereocenters. The zero-order valence-electron chi connectivity index (χ0n) is 31.1. The van der Waals surface area contributed by atoms with Crippen LogP contribution in [-0.4, -0.2) is 0 Å². The van der Waals surface area contributed by atoms with Crippen molar-refractivity contribution in [3.63, 3.8) is 0 Å². The lowest BCUT2D eigenvalue weighted by Crippen LogP contribution is -2.29. The van der Waals surface area contributed by atoms with Crippen LogP contribution >= 0.6 is 0 Å². The minimum absolute atomic E-state index is 0.684. The average Bonchev–Trinajstić information content (AvgIpc) is 3.59. The van der Waals surface area contributed by atoms with Gasteiger partial charge in [0.1, 0.15) is 0 Å². The Labute approximate surface area is 335 Å². The summed E-state index contributed by atoms with van der Waals surface area (Å²) in [5.41, 5.74) is 13.7. The highest BCUT2D eigenvalue weighted by atomic mass is 14.5. The quantitative estimate of drug-likeness (QED) is 0.156. The summed E-state index contributed by atoms with van der Waals surface area (Å²) >= 11 is 0. The fourth-order valence-corrected chi connectivity index (χ4v) is 7.65. The van der Waals surface area contributed by atoms with Crippen LogP contribution in [0, 0.1) is 47.4 Å². The van der Waals surface area contributed by atoms with Gasteiger partial charge >= 0.3 is 0 Å². The van der Waals surface area contributed by atoms with Crippen molar-refractivity contribution in [1.29, 1.82) is 0 Å². The van der Waals surface area contributed by atoms with E-state index in [4.69, 9.17) is 0 Å². The zero-order chi connectivity index (χ0) is 38.3. The highest BCUT2D eigenvalue weighted by Gasteiger charge is 2.46. The molecule has 262 valence electrons. The molecule has 57 heavy (non-hydrogen) atoms. The largest absolute Gasteiger partial charge is 0.0714 e. The minimum atomic E-state index is -0.684. The molecular weight excluding hydrogens is 685 g/mol. The predicted octanol–water partition coefficient (Wildman–Crippen LogP) is 11.6. The van der Waals surface area contributed by atoms with Crippen LogP contribution in [-0.2, 0) is 5.41 Å². The van der Waals surface area contributed by atoms with E-state index in [0.29, 0.717) is 0 Å². The molecule has 0 N–H and O–H groups in total. The Morgan fingerprint density at radius 3 is 0.895 bits per heavy atom. The molecule has 0 amide bonds. The van der Waals surface area contributed by atoms with Gasteiger partial charge < -0.3 is 0 Å². The monoisotopic (exact) mass is 718 g/mol. The minimum Gasteiger partial charge on any atom is -0.0622 e. The molecule has 0 atom stereocenters. The SMILES string of the molecule is C(#Cc1ccc(C2(c3ccc(C#Cc4ccccc4)c(C#Cc4ccccc4)c3)c3ccccc3-c3ccccc32)cc1C#Cc1ccccc1)c1ccccc1. The van der Waals surface area contributed by atoms with Gasteiger partial charge in [-0.25, -0.2) is 0 Å². The lowest BCUT2D eigenvalue weighted by Gasteiger charge is -2.34. The zero-order valence-corrected chi connectivity index (χ0v) is 31.1. The van der Waals surface area contributed by atoms with E-state index in [9.17, 15) is 0 Å². The second-order valence-electron chi connectivity index (χ2n) is 13.8. The molecule has 1 aliphatic carbocycles. The van der Waals surface area contributed by atoms with E-state index in [1.54, 1.807) is 0 Å². The Morgan fingerprint density at radius 1 is 0.246 bits per heavy atom. The molecule has 0 nitrogen and oxygen atoms in total. The van der Waals surface area contributed by atoms with Gasteiger partial charge in [-0.2, -0.15) is 0 Å². The van der Waals surface area contributed by atoms with Crippen LogP contribution in [0.5, 0.6) is 0 Å². The molecule has 0 bridgehead atoms. The molecule has 0 saturated carbocycles. The van der Waals surface area contributed by atoms with Gasteiger partial charge in [0.05, 0.1) is 5.41 Å². The molecule has 0 radical (unpaired) electrons. The molecule has 0 heterocycles. The Balaban J connectivity index is 1.30. The van der Waals surface area contributed by atoms with Gasteiger partial charge in [-0.15, -0.1) is 0 Å². The van der Waals surface area contributed by atoms with Crippen molar-refractivity contribution >= 4 is 0 Å². The summed E-state index contributed by atoms with van der Waals surface area (Å²) in [6.07, 6.45) is 0. The average molecular weight is 719 g/mol. The molecule has 0 fully saturated rings. The number of hydrogen-bond acceptors (Lipinski definition) is 0. The molecule has 9 rings (SSSR count). The van der Waals surface area contributed by atoms with Crippen molar-refractivity contribution in [1.82, 2.24) is 0 Å².